The molecule has 0 saturated carbocycles. The lowest BCUT2D eigenvalue weighted by Crippen LogP contribution is -2.53. The Morgan fingerprint density at radius 2 is 1.41 bits per heavy atom. The van der Waals surface area contributed by atoms with Crippen LogP contribution in [0.4, 0.5) is 5.69 Å². The summed E-state index contributed by atoms with van der Waals surface area (Å²) in [6, 6.07) is 28.9. The number of benzene rings is 4. The largest absolute Gasteiger partial charge is 0.494 e. The molecular weight excluding hydrogens is 734 g/mol. The molecule has 0 aliphatic carbocycles. The Morgan fingerprint density at radius 3 is 2.00 bits per heavy atom. The Hall–Kier alpha value is -3.67. The Morgan fingerprint density at radius 1 is 0.804 bits per heavy atom. The van der Waals surface area contributed by atoms with Crippen LogP contribution in [0.5, 0.6) is 5.75 Å². The van der Waals surface area contributed by atoms with Gasteiger partial charge < -0.3 is 15.0 Å². The number of halogens is 2. The second-order valence-electron chi connectivity index (χ2n) is 10.5. The predicted octanol–water partition coefficient (Wildman–Crippen LogP) is 6.97. The second kappa shape index (κ2) is 16.8. The third kappa shape index (κ3) is 9.43. The molecule has 0 aliphatic rings. The molecule has 1 atom stereocenters. The van der Waals surface area contributed by atoms with E-state index in [1.54, 1.807) is 36.4 Å². The van der Waals surface area contributed by atoms with Gasteiger partial charge in [-0.05, 0) is 85.1 Å². The molecule has 1 N–H and O–H groups in total. The molecular formula is C35H37Br2N3O5S. The zero-order valence-electron chi connectivity index (χ0n) is 25.7. The number of sulfonamides is 1. The number of amides is 2. The van der Waals surface area contributed by atoms with Crippen LogP contribution >= 0.6 is 31.9 Å². The van der Waals surface area contributed by atoms with Gasteiger partial charge in [-0.3, -0.25) is 13.9 Å². The molecule has 0 heterocycles. The van der Waals surface area contributed by atoms with E-state index in [-0.39, 0.29) is 23.8 Å². The molecule has 4 aromatic rings. The van der Waals surface area contributed by atoms with Crippen LogP contribution in [0.1, 0.15) is 31.4 Å². The summed E-state index contributed by atoms with van der Waals surface area (Å²) in [5.74, 6) is -0.254. The maximum atomic E-state index is 14.5. The van der Waals surface area contributed by atoms with E-state index < -0.39 is 28.5 Å². The van der Waals surface area contributed by atoms with E-state index in [2.05, 4.69) is 37.2 Å². The monoisotopic (exact) mass is 769 g/mol. The number of hydrogen-bond donors (Lipinski definition) is 1. The van der Waals surface area contributed by atoms with Crippen molar-refractivity contribution in [2.45, 2.75) is 44.2 Å². The van der Waals surface area contributed by atoms with Gasteiger partial charge in [0.25, 0.3) is 10.0 Å². The molecule has 0 aromatic heterocycles. The van der Waals surface area contributed by atoms with E-state index in [4.69, 9.17) is 4.74 Å². The molecule has 0 aliphatic heterocycles. The number of ether oxygens (including phenoxy) is 1. The quantitative estimate of drug-likeness (QED) is 0.141. The third-order valence-corrected chi connectivity index (χ3v) is 10.0. The summed E-state index contributed by atoms with van der Waals surface area (Å²) in [4.78, 5) is 29.8. The highest BCUT2D eigenvalue weighted by molar-refractivity contribution is 9.10. The summed E-state index contributed by atoms with van der Waals surface area (Å²) in [6.07, 6.45) is 0.975. The van der Waals surface area contributed by atoms with Crippen LogP contribution in [-0.2, 0) is 32.6 Å². The Kier molecular flexibility index (Phi) is 12.8. The van der Waals surface area contributed by atoms with Crippen molar-refractivity contribution in [1.82, 2.24) is 10.2 Å². The summed E-state index contributed by atoms with van der Waals surface area (Å²) in [7, 11) is -4.20. The molecule has 1 unspecified atom stereocenters. The minimum Gasteiger partial charge on any atom is -0.494 e. The zero-order valence-corrected chi connectivity index (χ0v) is 29.7. The van der Waals surface area contributed by atoms with Gasteiger partial charge in [0.1, 0.15) is 18.3 Å². The van der Waals surface area contributed by atoms with Crippen LogP contribution in [0.2, 0.25) is 0 Å². The summed E-state index contributed by atoms with van der Waals surface area (Å²) in [6.45, 7) is 4.28. The van der Waals surface area contributed by atoms with E-state index in [9.17, 15) is 18.0 Å². The molecule has 242 valence electrons. The van der Waals surface area contributed by atoms with E-state index >= 15 is 0 Å². The van der Waals surface area contributed by atoms with E-state index in [1.165, 1.54) is 17.0 Å². The van der Waals surface area contributed by atoms with Gasteiger partial charge in [0.2, 0.25) is 11.8 Å². The number of rotatable bonds is 15. The first-order valence-electron chi connectivity index (χ1n) is 15.0. The highest BCUT2D eigenvalue weighted by Crippen LogP contribution is 2.28. The van der Waals surface area contributed by atoms with Crippen LogP contribution < -0.4 is 14.4 Å². The van der Waals surface area contributed by atoms with Gasteiger partial charge in [0.15, 0.2) is 0 Å². The highest BCUT2D eigenvalue weighted by Gasteiger charge is 2.34. The lowest BCUT2D eigenvalue weighted by molar-refractivity contribution is -0.140. The number of nitrogens with zero attached hydrogens (tertiary/aromatic N) is 2. The zero-order chi connectivity index (χ0) is 33.1. The Balaban J connectivity index is 1.79. The van der Waals surface area contributed by atoms with Crippen molar-refractivity contribution in [2.75, 3.05) is 24.0 Å². The normalized spacial score (nSPS) is 11.8. The van der Waals surface area contributed by atoms with Crippen LogP contribution in [-0.4, -0.2) is 50.9 Å². The number of carbonyl (C=O) groups is 2. The smallest absolute Gasteiger partial charge is 0.264 e. The van der Waals surface area contributed by atoms with Crippen molar-refractivity contribution in [2.24, 2.45) is 0 Å². The fraction of sp³-hybridized carbons (Fsp3) is 0.257. The summed E-state index contributed by atoms with van der Waals surface area (Å²) in [5.41, 5.74) is 1.96. The number of hydrogen-bond acceptors (Lipinski definition) is 5. The van der Waals surface area contributed by atoms with Crippen LogP contribution in [0, 0.1) is 0 Å². The molecule has 8 nitrogen and oxygen atoms in total. The van der Waals surface area contributed by atoms with Crippen molar-refractivity contribution in [3.63, 3.8) is 0 Å². The standard InChI is InChI=1S/C35H37Br2N3O5S/c1-3-22-38-35(42)33(23-26-8-6-5-7-9-26)39(24-27-10-12-28(36)13-11-27)34(41)25-40(30-16-18-31(19-17-30)45-4-2)46(43,44)32-20-14-29(37)15-21-32/h5-21,33H,3-4,22-25H2,1-2H3,(H,38,42). The minimum absolute atomic E-state index is 0.0263. The lowest BCUT2D eigenvalue weighted by atomic mass is 10.0. The molecule has 0 spiro atoms. The van der Waals surface area contributed by atoms with Crippen molar-refractivity contribution in [3.8, 4) is 5.75 Å². The van der Waals surface area contributed by atoms with Gasteiger partial charge in [-0.15, -0.1) is 0 Å². The molecule has 4 rings (SSSR count). The van der Waals surface area contributed by atoms with Gasteiger partial charge in [-0.1, -0.05) is 81.2 Å². The number of nitrogens with one attached hydrogen (secondary N) is 1. The lowest BCUT2D eigenvalue weighted by Gasteiger charge is -2.34. The van der Waals surface area contributed by atoms with Gasteiger partial charge >= 0.3 is 0 Å². The molecule has 0 bridgehead atoms. The molecule has 0 fully saturated rings. The fourth-order valence-corrected chi connectivity index (χ4v) is 6.79. The first-order valence-corrected chi connectivity index (χ1v) is 18.0. The summed E-state index contributed by atoms with van der Waals surface area (Å²) < 4.78 is 36.6. The summed E-state index contributed by atoms with van der Waals surface area (Å²) in [5, 5.41) is 2.96. The van der Waals surface area contributed by atoms with Crippen LogP contribution in [0.25, 0.3) is 0 Å². The van der Waals surface area contributed by atoms with Crippen molar-refractivity contribution in [1.29, 1.82) is 0 Å². The average Bonchev–Trinajstić information content (AvgIpc) is 3.06. The fourth-order valence-electron chi connectivity index (χ4n) is 4.84. The minimum atomic E-state index is -4.20. The van der Waals surface area contributed by atoms with Crippen molar-refractivity contribution >= 4 is 59.4 Å². The van der Waals surface area contributed by atoms with Crippen LogP contribution in [0.3, 0.4) is 0 Å². The maximum Gasteiger partial charge on any atom is 0.264 e. The van der Waals surface area contributed by atoms with E-state index in [1.807, 2.05) is 68.4 Å². The highest BCUT2D eigenvalue weighted by atomic mass is 79.9. The first kappa shape index (κ1) is 35.2. The average molecular weight is 772 g/mol. The van der Waals surface area contributed by atoms with Gasteiger partial charge in [-0.25, -0.2) is 8.42 Å². The number of anilines is 1. The van der Waals surface area contributed by atoms with Crippen molar-refractivity contribution in [3.05, 3.63) is 123 Å². The van der Waals surface area contributed by atoms with Crippen LogP contribution in [0.15, 0.2) is 117 Å². The van der Waals surface area contributed by atoms with E-state index in [0.717, 1.165) is 30.8 Å². The topological polar surface area (TPSA) is 96.0 Å². The third-order valence-electron chi connectivity index (χ3n) is 7.20. The first-order chi connectivity index (χ1) is 22.1. The molecule has 0 saturated heterocycles. The molecule has 11 heteroatoms. The van der Waals surface area contributed by atoms with Gasteiger partial charge in [0.05, 0.1) is 17.2 Å². The molecule has 46 heavy (non-hydrogen) atoms. The Labute approximate surface area is 288 Å². The second-order valence-corrected chi connectivity index (χ2v) is 14.2. The van der Waals surface area contributed by atoms with Gasteiger partial charge in [0, 0.05) is 28.5 Å². The Bertz CT molecular complexity index is 1690. The maximum absolute atomic E-state index is 14.5. The number of carbonyl (C=O) groups excluding carboxylic acids is 2. The van der Waals surface area contributed by atoms with Crippen molar-refractivity contribution < 1.29 is 22.7 Å². The summed E-state index contributed by atoms with van der Waals surface area (Å²) >= 11 is 6.82. The molecule has 0 radical (unpaired) electrons. The predicted molar refractivity (Wildman–Crippen MR) is 188 cm³/mol. The molecule has 2 amide bonds. The van der Waals surface area contributed by atoms with Gasteiger partial charge in [-0.2, -0.15) is 0 Å². The van der Waals surface area contributed by atoms with E-state index in [0.29, 0.717) is 24.6 Å². The molecule has 4 aromatic carbocycles. The SMILES string of the molecule is CCCNC(=O)C(Cc1ccccc1)N(Cc1ccc(Br)cc1)C(=O)CN(c1ccc(OCC)cc1)S(=O)(=O)c1ccc(Br)cc1.